The molecule has 0 aliphatic carbocycles. The van der Waals surface area contributed by atoms with E-state index >= 15 is 0 Å². The number of ether oxygens (including phenoxy) is 2. The van der Waals surface area contributed by atoms with E-state index in [0.717, 1.165) is 0 Å². The highest BCUT2D eigenvalue weighted by molar-refractivity contribution is 5.74. The van der Waals surface area contributed by atoms with Gasteiger partial charge in [-0.2, -0.15) is 0 Å². The summed E-state index contributed by atoms with van der Waals surface area (Å²) >= 11 is 0. The zero-order valence-corrected chi connectivity index (χ0v) is 13.8. The summed E-state index contributed by atoms with van der Waals surface area (Å²) in [6, 6.07) is 0. The van der Waals surface area contributed by atoms with Crippen LogP contribution in [0.2, 0.25) is 0 Å². The Kier molecular flexibility index (Phi) is 5.05. The average Bonchev–Trinajstić information content (AvgIpc) is 2.21. The van der Waals surface area contributed by atoms with Gasteiger partial charge in [-0.05, 0) is 27.7 Å². The van der Waals surface area contributed by atoms with E-state index in [2.05, 4.69) is 10.1 Å². The minimum absolute atomic E-state index is 0.0355. The lowest BCUT2D eigenvalue weighted by Crippen LogP contribution is -2.65. The lowest BCUT2D eigenvalue weighted by atomic mass is 9.70. The Balaban J connectivity index is 3.08. The van der Waals surface area contributed by atoms with Gasteiger partial charge in [0.1, 0.15) is 5.60 Å². The monoisotopic (exact) mass is 301 g/mol. The van der Waals surface area contributed by atoms with Crippen molar-refractivity contribution < 1.29 is 24.2 Å². The molecule has 0 spiro atoms. The first kappa shape index (κ1) is 17.9. The van der Waals surface area contributed by atoms with Gasteiger partial charge in [0.2, 0.25) is 0 Å². The predicted octanol–water partition coefficient (Wildman–Crippen LogP) is 1.15. The number of carbonyl (C=O) groups excluding carboxylic acids is 2. The first-order chi connectivity index (χ1) is 9.40. The summed E-state index contributed by atoms with van der Waals surface area (Å²) in [6.45, 7) is 9.38. The van der Waals surface area contributed by atoms with Crippen LogP contribution < -0.4 is 5.32 Å². The molecular weight excluding hydrogens is 274 g/mol. The fourth-order valence-corrected chi connectivity index (χ4v) is 3.81. The normalized spacial score (nSPS) is 24.0. The van der Waals surface area contributed by atoms with Crippen LogP contribution in [-0.2, 0) is 19.1 Å². The lowest BCUT2D eigenvalue weighted by molar-refractivity contribution is -0.177. The van der Waals surface area contributed by atoms with Crippen LogP contribution in [0.4, 0.5) is 0 Å². The number of methoxy groups -OCH3 is 1. The van der Waals surface area contributed by atoms with E-state index in [1.165, 1.54) is 14.0 Å². The quantitative estimate of drug-likeness (QED) is 0.758. The molecule has 1 atom stereocenters. The van der Waals surface area contributed by atoms with Gasteiger partial charge < -0.3 is 19.9 Å². The number of aliphatic hydroxyl groups excluding tert-OH is 1. The molecule has 0 radical (unpaired) electrons. The molecule has 6 heteroatoms. The molecule has 1 aliphatic heterocycles. The Morgan fingerprint density at radius 2 is 1.67 bits per heavy atom. The molecule has 0 bridgehead atoms. The van der Waals surface area contributed by atoms with Crippen molar-refractivity contribution in [3.05, 3.63) is 0 Å². The van der Waals surface area contributed by atoms with Gasteiger partial charge in [0.05, 0.1) is 7.11 Å². The molecule has 6 nitrogen and oxygen atoms in total. The predicted molar refractivity (Wildman–Crippen MR) is 77.7 cm³/mol. The van der Waals surface area contributed by atoms with Crippen LogP contribution in [-0.4, -0.2) is 46.9 Å². The van der Waals surface area contributed by atoms with Crippen LogP contribution in [0.15, 0.2) is 0 Å². The largest absolute Gasteiger partial charge is 0.467 e. The van der Waals surface area contributed by atoms with E-state index in [0.29, 0.717) is 12.8 Å². The van der Waals surface area contributed by atoms with Gasteiger partial charge in [-0.15, -0.1) is 0 Å². The van der Waals surface area contributed by atoms with E-state index in [-0.39, 0.29) is 17.5 Å². The highest BCUT2D eigenvalue weighted by Crippen LogP contribution is 2.41. The fraction of sp³-hybridized carbons (Fsp3) is 0.867. The Labute approximate surface area is 126 Å². The highest BCUT2D eigenvalue weighted by Gasteiger charge is 2.50. The van der Waals surface area contributed by atoms with Crippen molar-refractivity contribution in [2.24, 2.45) is 0 Å². The zero-order chi connectivity index (χ0) is 16.5. The number of hydrogen-bond donors (Lipinski definition) is 2. The molecule has 1 saturated heterocycles. The molecule has 21 heavy (non-hydrogen) atoms. The molecule has 0 aromatic rings. The summed E-state index contributed by atoms with van der Waals surface area (Å²) in [6.07, 6.45) is -0.249. The number of piperidine rings is 1. The third-order valence-corrected chi connectivity index (χ3v) is 3.60. The van der Waals surface area contributed by atoms with Crippen LogP contribution in [0.5, 0.6) is 0 Å². The maximum absolute atomic E-state index is 11.5. The summed E-state index contributed by atoms with van der Waals surface area (Å²) in [5.41, 5.74) is -1.46. The fourth-order valence-electron chi connectivity index (χ4n) is 3.81. The second kappa shape index (κ2) is 5.93. The van der Waals surface area contributed by atoms with Crippen LogP contribution in [0.25, 0.3) is 0 Å². The Morgan fingerprint density at radius 1 is 1.19 bits per heavy atom. The van der Waals surface area contributed by atoms with Crippen molar-refractivity contribution >= 4 is 11.9 Å². The van der Waals surface area contributed by atoms with Gasteiger partial charge in [0.15, 0.2) is 6.10 Å². The molecule has 1 unspecified atom stereocenters. The van der Waals surface area contributed by atoms with Crippen LogP contribution in [0, 0.1) is 0 Å². The topological polar surface area (TPSA) is 84.9 Å². The molecule has 1 rings (SSSR count). The molecule has 122 valence electrons. The number of esters is 2. The molecule has 0 aromatic carbocycles. The van der Waals surface area contributed by atoms with E-state index < -0.39 is 23.6 Å². The number of rotatable bonds is 4. The van der Waals surface area contributed by atoms with Gasteiger partial charge >= 0.3 is 11.9 Å². The third kappa shape index (κ3) is 4.97. The summed E-state index contributed by atoms with van der Waals surface area (Å²) < 4.78 is 10.1. The number of aliphatic hydroxyl groups is 1. The van der Waals surface area contributed by atoms with Crippen molar-refractivity contribution in [1.29, 1.82) is 0 Å². The van der Waals surface area contributed by atoms with E-state index in [4.69, 9.17) is 4.74 Å². The summed E-state index contributed by atoms with van der Waals surface area (Å²) in [4.78, 5) is 23.0. The van der Waals surface area contributed by atoms with Crippen LogP contribution in [0.1, 0.15) is 53.9 Å². The second-order valence-electron chi connectivity index (χ2n) is 7.27. The van der Waals surface area contributed by atoms with Crippen LogP contribution in [0.3, 0.4) is 0 Å². The zero-order valence-electron chi connectivity index (χ0n) is 13.8. The van der Waals surface area contributed by atoms with Crippen molar-refractivity contribution in [3.63, 3.8) is 0 Å². The number of carbonyl (C=O) groups is 2. The van der Waals surface area contributed by atoms with Gasteiger partial charge in [0.25, 0.3) is 0 Å². The van der Waals surface area contributed by atoms with E-state index in [9.17, 15) is 14.7 Å². The second-order valence-corrected chi connectivity index (χ2v) is 7.27. The Morgan fingerprint density at radius 3 is 2.05 bits per heavy atom. The maximum atomic E-state index is 11.5. The van der Waals surface area contributed by atoms with Crippen molar-refractivity contribution in [2.75, 3.05) is 7.11 Å². The summed E-state index contributed by atoms with van der Waals surface area (Å²) in [5, 5.41) is 13.5. The summed E-state index contributed by atoms with van der Waals surface area (Å²) in [7, 11) is 1.22. The molecule has 1 fully saturated rings. The summed E-state index contributed by atoms with van der Waals surface area (Å²) in [5.74, 6) is -1.13. The first-order valence-electron chi connectivity index (χ1n) is 7.15. The molecular formula is C15H27NO5. The molecule has 0 saturated carbocycles. The maximum Gasteiger partial charge on any atom is 0.334 e. The van der Waals surface area contributed by atoms with Crippen molar-refractivity contribution in [1.82, 2.24) is 5.32 Å². The van der Waals surface area contributed by atoms with Crippen molar-refractivity contribution in [3.8, 4) is 0 Å². The minimum atomic E-state index is -1.31. The van der Waals surface area contributed by atoms with E-state index in [1.807, 2.05) is 27.7 Å². The van der Waals surface area contributed by atoms with Gasteiger partial charge in [-0.3, -0.25) is 4.79 Å². The molecule has 2 N–H and O–H groups in total. The standard InChI is InChI=1S/C15H27NO5/c1-10(17)21-15(7-11(18)12(19)20-6)8-13(2,3)16-14(4,5)9-15/h11,16,18H,7-9H2,1-6H3. The SMILES string of the molecule is COC(=O)C(O)CC1(OC(C)=O)CC(C)(C)NC(C)(C)C1. The van der Waals surface area contributed by atoms with Gasteiger partial charge in [-0.25, -0.2) is 4.79 Å². The van der Waals surface area contributed by atoms with Crippen molar-refractivity contribution in [2.45, 2.75) is 76.7 Å². The molecule has 1 heterocycles. The third-order valence-electron chi connectivity index (χ3n) is 3.60. The smallest absolute Gasteiger partial charge is 0.334 e. The Hall–Kier alpha value is -1.14. The lowest BCUT2D eigenvalue weighted by Gasteiger charge is -2.52. The Bertz CT molecular complexity index is 400. The van der Waals surface area contributed by atoms with Crippen LogP contribution >= 0.6 is 0 Å². The molecule has 1 aliphatic rings. The first-order valence-corrected chi connectivity index (χ1v) is 7.15. The molecule has 0 amide bonds. The number of nitrogens with one attached hydrogen (secondary N) is 1. The van der Waals surface area contributed by atoms with Gasteiger partial charge in [-0.1, -0.05) is 0 Å². The highest BCUT2D eigenvalue weighted by atomic mass is 16.6. The number of hydrogen-bond acceptors (Lipinski definition) is 6. The van der Waals surface area contributed by atoms with Gasteiger partial charge in [0, 0.05) is 37.3 Å². The van der Waals surface area contributed by atoms with E-state index in [1.54, 1.807) is 0 Å². The molecule has 0 aromatic heterocycles. The minimum Gasteiger partial charge on any atom is -0.467 e. The average molecular weight is 301 g/mol.